The SMILES string of the molecule is Cc1ccc(OCCn2cc(C=C3C(=O)NC(=O)NC3=O)c3ccccc32)c(C)c1. The second-order valence-electron chi connectivity index (χ2n) is 7.21. The highest BCUT2D eigenvalue weighted by Gasteiger charge is 2.28. The van der Waals surface area contributed by atoms with Crippen LogP contribution in [0.2, 0.25) is 0 Å². The van der Waals surface area contributed by atoms with Gasteiger partial charge in [0, 0.05) is 22.7 Å². The molecular formula is C23H21N3O4. The number of fused-ring (bicyclic) bond motifs is 1. The van der Waals surface area contributed by atoms with E-state index in [1.54, 1.807) is 0 Å². The van der Waals surface area contributed by atoms with Crippen LogP contribution in [-0.4, -0.2) is 29.0 Å². The minimum Gasteiger partial charge on any atom is -0.491 e. The summed E-state index contributed by atoms with van der Waals surface area (Å²) in [6, 6.07) is 13.0. The largest absolute Gasteiger partial charge is 0.491 e. The number of rotatable bonds is 5. The number of imide groups is 2. The van der Waals surface area contributed by atoms with Gasteiger partial charge in [0.05, 0.1) is 6.54 Å². The Bertz CT molecular complexity index is 1180. The van der Waals surface area contributed by atoms with E-state index in [4.69, 9.17) is 4.74 Å². The van der Waals surface area contributed by atoms with E-state index in [9.17, 15) is 14.4 Å². The van der Waals surface area contributed by atoms with E-state index in [1.807, 2.05) is 61.0 Å². The van der Waals surface area contributed by atoms with Crippen molar-refractivity contribution in [2.45, 2.75) is 20.4 Å². The van der Waals surface area contributed by atoms with Gasteiger partial charge < -0.3 is 9.30 Å². The van der Waals surface area contributed by atoms with Crippen molar-refractivity contribution in [2.24, 2.45) is 0 Å². The van der Waals surface area contributed by atoms with Crippen LogP contribution in [0.25, 0.3) is 17.0 Å². The van der Waals surface area contributed by atoms with Gasteiger partial charge in [-0.3, -0.25) is 20.2 Å². The Morgan fingerprint density at radius 2 is 1.73 bits per heavy atom. The van der Waals surface area contributed by atoms with Gasteiger partial charge in [-0.2, -0.15) is 0 Å². The van der Waals surface area contributed by atoms with Gasteiger partial charge in [0.15, 0.2) is 0 Å². The predicted molar refractivity (Wildman–Crippen MR) is 113 cm³/mol. The van der Waals surface area contributed by atoms with Crippen LogP contribution in [-0.2, 0) is 16.1 Å². The number of barbiturate groups is 1. The molecule has 0 saturated carbocycles. The van der Waals surface area contributed by atoms with Gasteiger partial charge in [-0.05, 0) is 37.6 Å². The third-order valence-electron chi connectivity index (χ3n) is 4.98. The van der Waals surface area contributed by atoms with E-state index in [0.29, 0.717) is 18.7 Å². The first-order chi connectivity index (χ1) is 14.4. The Balaban J connectivity index is 1.59. The number of ether oxygens (including phenoxy) is 1. The number of carbonyl (C=O) groups is 3. The first-order valence-electron chi connectivity index (χ1n) is 9.58. The maximum atomic E-state index is 12.1. The molecule has 2 N–H and O–H groups in total. The number of benzene rings is 2. The third kappa shape index (κ3) is 3.82. The summed E-state index contributed by atoms with van der Waals surface area (Å²) in [6.45, 7) is 5.12. The lowest BCUT2D eigenvalue weighted by Crippen LogP contribution is -2.51. The molecule has 1 saturated heterocycles. The first kappa shape index (κ1) is 19.4. The molecule has 2 heterocycles. The molecule has 7 heteroatoms. The average molecular weight is 403 g/mol. The van der Waals surface area contributed by atoms with Crippen LogP contribution in [0.4, 0.5) is 4.79 Å². The van der Waals surface area contributed by atoms with Crippen LogP contribution < -0.4 is 15.4 Å². The lowest BCUT2D eigenvalue weighted by Gasteiger charge is -2.13. The van der Waals surface area contributed by atoms with Gasteiger partial charge >= 0.3 is 6.03 Å². The summed E-state index contributed by atoms with van der Waals surface area (Å²) in [5.41, 5.74) is 3.84. The van der Waals surface area contributed by atoms with Gasteiger partial charge in [0.25, 0.3) is 11.8 Å². The molecule has 0 unspecified atom stereocenters. The summed E-state index contributed by atoms with van der Waals surface area (Å²) in [4.78, 5) is 35.4. The molecule has 1 aromatic heterocycles. The zero-order chi connectivity index (χ0) is 21.3. The third-order valence-corrected chi connectivity index (χ3v) is 4.98. The van der Waals surface area contributed by atoms with Gasteiger partial charge in [0.2, 0.25) is 0 Å². The summed E-state index contributed by atoms with van der Waals surface area (Å²) >= 11 is 0. The van der Waals surface area contributed by atoms with Crippen molar-refractivity contribution in [1.29, 1.82) is 0 Å². The average Bonchev–Trinajstić information content (AvgIpc) is 3.04. The van der Waals surface area contributed by atoms with Gasteiger partial charge in [-0.15, -0.1) is 0 Å². The van der Waals surface area contributed by atoms with Crippen molar-refractivity contribution in [3.05, 3.63) is 70.9 Å². The molecule has 1 fully saturated rings. The Hall–Kier alpha value is -3.87. The number of para-hydroxylation sites is 1. The smallest absolute Gasteiger partial charge is 0.328 e. The van der Waals surface area contributed by atoms with Crippen molar-refractivity contribution in [3.8, 4) is 5.75 Å². The van der Waals surface area contributed by atoms with Crippen LogP contribution in [0.3, 0.4) is 0 Å². The second-order valence-corrected chi connectivity index (χ2v) is 7.21. The van der Waals surface area contributed by atoms with E-state index < -0.39 is 17.8 Å². The van der Waals surface area contributed by atoms with E-state index in [-0.39, 0.29) is 5.57 Å². The zero-order valence-corrected chi connectivity index (χ0v) is 16.7. The van der Waals surface area contributed by atoms with Gasteiger partial charge in [0.1, 0.15) is 17.9 Å². The van der Waals surface area contributed by atoms with Crippen molar-refractivity contribution in [1.82, 2.24) is 15.2 Å². The quantitative estimate of drug-likeness (QED) is 0.506. The Morgan fingerprint density at radius 3 is 2.47 bits per heavy atom. The molecule has 1 aliphatic rings. The summed E-state index contributed by atoms with van der Waals surface area (Å²) in [6.07, 6.45) is 3.38. The molecule has 0 spiro atoms. The molecule has 4 rings (SSSR count). The molecule has 7 nitrogen and oxygen atoms in total. The summed E-state index contributed by atoms with van der Waals surface area (Å²) < 4.78 is 7.97. The fourth-order valence-electron chi connectivity index (χ4n) is 3.55. The second kappa shape index (κ2) is 7.87. The molecule has 3 aromatic rings. The Labute approximate surface area is 173 Å². The number of carbonyl (C=O) groups excluding carboxylic acids is 3. The lowest BCUT2D eigenvalue weighted by molar-refractivity contribution is -0.123. The highest BCUT2D eigenvalue weighted by Crippen LogP contribution is 2.25. The first-order valence-corrected chi connectivity index (χ1v) is 9.58. The number of hydrogen-bond donors (Lipinski definition) is 2. The predicted octanol–water partition coefficient (Wildman–Crippen LogP) is 3.09. The van der Waals surface area contributed by atoms with E-state index in [1.165, 1.54) is 11.6 Å². The van der Waals surface area contributed by atoms with Gasteiger partial charge in [-0.25, -0.2) is 4.79 Å². The number of nitrogens with zero attached hydrogens (tertiary/aromatic N) is 1. The van der Waals surface area contributed by atoms with Crippen molar-refractivity contribution < 1.29 is 19.1 Å². The lowest BCUT2D eigenvalue weighted by atomic mass is 10.1. The molecular weight excluding hydrogens is 382 g/mol. The maximum absolute atomic E-state index is 12.1. The zero-order valence-electron chi connectivity index (χ0n) is 16.7. The molecule has 1 aliphatic heterocycles. The standard InChI is InChI=1S/C23H21N3O4/c1-14-7-8-20(15(2)11-14)30-10-9-26-13-16(17-5-3-4-6-19(17)26)12-18-21(27)24-23(29)25-22(18)28/h3-8,11-13H,9-10H2,1-2H3,(H2,24,25,27,28,29). The Kier molecular flexibility index (Phi) is 5.10. The summed E-state index contributed by atoms with van der Waals surface area (Å²) in [5, 5.41) is 5.08. The number of urea groups is 1. The van der Waals surface area contributed by atoms with E-state index >= 15 is 0 Å². The molecule has 0 aliphatic carbocycles. The molecule has 152 valence electrons. The number of aromatic nitrogens is 1. The highest BCUT2D eigenvalue weighted by molar-refractivity contribution is 6.31. The number of hydrogen-bond acceptors (Lipinski definition) is 4. The van der Waals surface area contributed by atoms with Crippen LogP contribution >= 0.6 is 0 Å². The molecule has 0 radical (unpaired) electrons. The van der Waals surface area contributed by atoms with Crippen LogP contribution in [0.5, 0.6) is 5.75 Å². The number of aryl methyl sites for hydroxylation is 2. The molecule has 0 atom stereocenters. The highest BCUT2D eigenvalue weighted by atomic mass is 16.5. The van der Waals surface area contributed by atoms with E-state index in [0.717, 1.165) is 22.2 Å². The maximum Gasteiger partial charge on any atom is 0.328 e. The van der Waals surface area contributed by atoms with Crippen molar-refractivity contribution >= 4 is 34.8 Å². The van der Waals surface area contributed by atoms with Crippen molar-refractivity contribution in [3.63, 3.8) is 0 Å². The van der Waals surface area contributed by atoms with E-state index in [2.05, 4.69) is 16.7 Å². The van der Waals surface area contributed by atoms with Crippen LogP contribution in [0.1, 0.15) is 16.7 Å². The molecule has 0 bridgehead atoms. The minimum atomic E-state index is -0.812. The normalized spacial score (nSPS) is 13.9. The fourth-order valence-corrected chi connectivity index (χ4v) is 3.55. The summed E-state index contributed by atoms with van der Waals surface area (Å²) in [7, 11) is 0. The fraction of sp³-hybridized carbons (Fsp3) is 0.174. The molecule has 4 amide bonds. The molecule has 2 aromatic carbocycles. The Morgan fingerprint density at radius 1 is 1.00 bits per heavy atom. The summed E-state index contributed by atoms with van der Waals surface area (Å²) in [5.74, 6) is -0.572. The number of amides is 4. The van der Waals surface area contributed by atoms with Gasteiger partial charge in [-0.1, -0.05) is 35.9 Å². The molecule has 30 heavy (non-hydrogen) atoms. The van der Waals surface area contributed by atoms with Crippen LogP contribution in [0, 0.1) is 13.8 Å². The monoisotopic (exact) mass is 403 g/mol. The topological polar surface area (TPSA) is 89.4 Å². The van der Waals surface area contributed by atoms with Crippen molar-refractivity contribution in [2.75, 3.05) is 6.61 Å². The number of nitrogens with one attached hydrogen (secondary N) is 2. The van der Waals surface area contributed by atoms with Crippen LogP contribution in [0.15, 0.2) is 54.2 Å². The minimum absolute atomic E-state index is 0.107.